The molecule has 0 heterocycles. The molecular formula is C6H12N2O. The maximum atomic E-state index is 5.28. The van der Waals surface area contributed by atoms with Crippen molar-refractivity contribution in [2.24, 2.45) is 11.5 Å². The third kappa shape index (κ3) is 3.90. The highest BCUT2D eigenvalue weighted by molar-refractivity contribution is 4.80. The summed E-state index contributed by atoms with van der Waals surface area (Å²) in [6.07, 6.45) is 1.92. The van der Waals surface area contributed by atoms with Crippen molar-refractivity contribution < 1.29 is 4.74 Å². The third-order valence-electron chi connectivity index (χ3n) is 0.779. The Morgan fingerprint density at radius 2 is 1.44 bits per heavy atom. The van der Waals surface area contributed by atoms with Crippen molar-refractivity contribution in [3.05, 3.63) is 25.3 Å². The van der Waals surface area contributed by atoms with E-state index in [-0.39, 0.29) is 0 Å². The lowest BCUT2D eigenvalue weighted by Gasteiger charge is -2.11. The second-order valence-electron chi connectivity index (χ2n) is 1.54. The molecule has 9 heavy (non-hydrogen) atoms. The van der Waals surface area contributed by atoms with Crippen LogP contribution in [0.5, 0.6) is 0 Å². The molecule has 3 nitrogen and oxygen atoms in total. The zero-order valence-corrected chi connectivity index (χ0v) is 5.29. The van der Waals surface area contributed by atoms with Crippen LogP contribution in [0.15, 0.2) is 25.3 Å². The van der Waals surface area contributed by atoms with E-state index in [1.165, 1.54) is 12.2 Å². The summed E-state index contributed by atoms with van der Waals surface area (Å²) >= 11 is 0. The average molecular weight is 128 g/mol. The summed E-state index contributed by atoms with van der Waals surface area (Å²) in [5.41, 5.74) is 10.6. The number of nitrogens with two attached hydrogens (primary N) is 2. The molecule has 2 atom stereocenters. The Morgan fingerprint density at radius 3 is 1.67 bits per heavy atom. The smallest absolute Gasteiger partial charge is 0.127 e. The van der Waals surface area contributed by atoms with Crippen molar-refractivity contribution in [1.29, 1.82) is 0 Å². The first kappa shape index (κ1) is 8.36. The number of hydrogen-bond donors (Lipinski definition) is 2. The molecule has 4 N–H and O–H groups in total. The van der Waals surface area contributed by atoms with Gasteiger partial charge in [0.05, 0.1) is 0 Å². The van der Waals surface area contributed by atoms with E-state index in [0.29, 0.717) is 0 Å². The zero-order chi connectivity index (χ0) is 7.28. The maximum absolute atomic E-state index is 5.28. The van der Waals surface area contributed by atoms with E-state index in [2.05, 4.69) is 13.2 Å². The van der Waals surface area contributed by atoms with Crippen molar-refractivity contribution in [2.45, 2.75) is 12.5 Å². The van der Waals surface area contributed by atoms with Crippen LogP contribution in [-0.2, 0) is 4.74 Å². The van der Waals surface area contributed by atoms with Gasteiger partial charge in [-0.25, -0.2) is 0 Å². The first-order valence-electron chi connectivity index (χ1n) is 2.62. The topological polar surface area (TPSA) is 61.3 Å². The first-order valence-corrected chi connectivity index (χ1v) is 2.62. The van der Waals surface area contributed by atoms with E-state index in [1.54, 1.807) is 0 Å². The van der Waals surface area contributed by atoms with Crippen molar-refractivity contribution in [2.75, 3.05) is 0 Å². The standard InChI is InChI=1S/C6H12N2O/c1-3-5(7)9-6(8)4-2/h3-6H,1-2,7-8H2. The van der Waals surface area contributed by atoms with E-state index in [0.717, 1.165) is 0 Å². The lowest BCUT2D eigenvalue weighted by Crippen LogP contribution is -2.31. The van der Waals surface area contributed by atoms with Crippen LogP contribution >= 0.6 is 0 Å². The molecule has 0 aliphatic rings. The molecule has 0 aromatic carbocycles. The molecule has 3 heteroatoms. The van der Waals surface area contributed by atoms with Gasteiger partial charge in [0.25, 0.3) is 0 Å². The highest BCUT2D eigenvalue weighted by Crippen LogP contribution is 1.88. The van der Waals surface area contributed by atoms with Gasteiger partial charge in [-0.05, 0) is 12.2 Å². The van der Waals surface area contributed by atoms with Crippen LogP contribution in [0.4, 0.5) is 0 Å². The molecule has 0 rings (SSSR count). The van der Waals surface area contributed by atoms with Gasteiger partial charge in [0, 0.05) is 0 Å². The lowest BCUT2D eigenvalue weighted by molar-refractivity contribution is 0.0495. The summed E-state index contributed by atoms with van der Waals surface area (Å²) in [7, 11) is 0. The number of hydrogen-bond acceptors (Lipinski definition) is 3. The predicted molar refractivity (Wildman–Crippen MR) is 37.4 cm³/mol. The molecule has 2 unspecified atom stereocenters. The Hall–Kier alpha value is -0.640. The van der Waals surface area contributed by atoms with Crippen molar-refractivity contribution in [3.8, 4) is 0 Å². The van der Waals surface area contributed by atoms with E-state index in [4.69, 9.17) is 16.2 Å². The monoisotopic (exact) mass is 128 g/mol. The van der Waals surface area contributed by atoms with E-state index < -0.39 is 12.5 Å². The molecule has 0 spiro atoms. The van der Waals surface area contributed by atoms with Gasteiger partial charge < -0.3 is 16.2 Å². The van der Waals surface area contributed by atoms with Gasteiger partial charge in [0.1, 0.15) is 12.5 Å². The largest absolute Gasteiger partial charge is 0.338 e. The molecule has 0 aromatic rings. The van der Waals surface area contributed by atoms with Crippen LogP contribution in [0, 0.1) is 0 Å². The molecule has 52 valence electrons. The van der Waals surface area contributed by atoms with Crippen LogP contribution in [0.3, 0.4) is 0 Å². The Bertz CT molecular complexity index is 91.2. The van der Waals surface area contributed by atoms with E-state index in [1.807, 2.05) is 0 Å². The maximum Gasteiger partial charge on any atom is 0.127 e. The fraction of sp³-hybridized carbons (Fsp3) is 0.333. The lowest BCUT2D eigenvalue weighted by atomic mass is 10.5. The number of rotatable bonds is 4. The molecule has 0 saturated heterocycles. The molecule has 0 aliphatic heterocycles. The summed E-state index contributed by atoms with van der Waals surface area (Å²) in [5.74, 6) is 0. The predicted octanol–water partition coefficient (Wildman–Crippen LogP) is -0.0554. The van der Waals surface area contributed by atoms with Gasteiger partial charge in [-0.3, -0.25) is 0 Å². The summed E-state index contributed by atoms with van der Waals surface area (Å²) in [4.78, 5) is 0. The van der Waals surface area contributed by atoms with Gasteiger partial charge in [-0.2, -0.15) is 0 Å². The molecule has 0 aromatic heterocycles. The minimum atomic E-state index is -0.502. The molecule has 0 bridgehead atoms. The molecule has 0 amide bonds. The summed E-state index contributed by atoms with van der Waals surface area (Å²) < 4.78 is 4.87. The fourth-order valence-electron chi connectivity index (χ4n) is 0.293. The Labute approximate surface area is 55.0 Å². The fourth-order valence-corrected chi connectivity index (χ4v) is 0.293. The van der Waals surface area contributed by atoms with Crippen molar-refractivity contribution >= 4 is 0 Å². The zero-order valence-electron chi connectivity index (χ0n) is 5.29. The summed E-state index contributed by atoms with van der Waals surface area (Å²) in [6, 6.07) is 0. The van der Waals surface area contributed by atoms with Gasteiger partial charge in [0.15, 0.2) is 0 Å². The second-order valence-corrected chi connectivity index (χ2v) is 1.54. The Morgan fingerprint density at radius 1 is 1.11 bits per heavy atom. The highest BCUT2D eigenvalue weighted by atomic mass is 16.5. The van der Waals surface area contributed by atoms with Gasteiger partial charge in [-0.1, -0.05) is 13.2 Å². The molecule has 0 saturated carbocycles. The summed E-state index contributed by atoms with van der Waals surface area (Å²) in [6.45, 7) is 6.82. The summed E-state index contributed by atoms with van der Waals surface area (Å²) in [5, 5.41) is 0. The number of ether oxygens (including phenoxy) is 1. The van der Waals surface area contributed by atoms with Crippen LogP contribution in [-0.4, -0.2) is 12.5 Å². The molecule has 0 fully saturated rings. The quantitative estimate of drug-likeness (QED) is 0.412. The van der Waals surface area contributed by atoms with Crippen LogP contribution in [0.1, 0.15) is 0 Å². The molecule has 0 radical (unpaired) electrons. The average Bonchev–Trinajstić information content (AvgIpc) is 1.87. The van der Waals surface area contributed by atoms with Crippen molar-refractivity contribution in [1.82, 2.24) is 0 Å². The van der Waals surface area contributed by atoms with Gasteiger partial charge in [-0.15, -0.1) is 0 Å². The van der Waals surface area contributed by atoms with E-state index in [9.17, 15) is 0 Å². The third-order valence-corrected chi connectivity index (χ3v) is 0.779. The molecule has 0 aliphatic carbocycles. The van der Waals surface area contributed by atoms with E-state index >= 15 is 0 Å². The minimum Gasteiger partial charge on any atom is -0.338 e. The highest BCUT2D eigenvalue weighted by Gasteiger charge is 1.99. The Balaban J connectivity index is 3.45. The SMILES string of the molecule is C=CC(N)OC(N)C=C. The van der Waals surface area contributed by atoms with Crippen LogP contribution in [0.2, 0.25) is 0 Å². The van der Waals surface area contributed by atoms with Crippen molar-refractivity contribution in [3.63, 3.8) is 0 Å². The minimum absolute atomic E-state index is 0.502. The van der Waals surface area contributed by atoms with Crippen LogP contribution < -0.4 is 11.5 Å². The second kappa shape index (κ2) is 4.26. The van der Waals surface area contributed by atoms with Gasteiger partial charge >= 0.3 is 0 Å². The first-order chi connectivity index (χ1) is 4.20. The normalized spacial score (nSPS) is 16.2. The Kier molecular flexibility index (Phi) is 3.96. The van der Waals surface area contributed by atoms with Crippen LogP contribution in [0.25, 0.3) is 0 Å². The van der Waals surface area contributed by atoms with Gasteiger partial charge in [0.2, 0.25) is 0 Å². The molecular weight excluding hydrogens is 116 g/mol.